The van der Waals surface area contributed by atoms with Crippen LogP contribution in [0.2, 0.25) is 0 Å². The van der Waals surface area contributed by atoms with Gasteiger partial charge in [-0.15, -0.1) is 11.3 Å². The second-order valence-electron chi connectivity index (χ2n) is 5.42. The number of rotatable bonds is 3. The van der Waals surface area contributed by atoms with Crippen LogP contribution >= 0.6 is 11.3 Å². The quantitative estimate of drug-likeness (QED) is 0.877. The second-order valence-corrected chi connectivity index (χ2v) is 6.36. The Labute approximate surface area is 102 Å². The fraction of sp³-hybridized carbons (Fsp3) is 0.769. The molecule has 90 valence electrons. The first kappa shape index (κ1) is 12.1. The molecule has 2 atom stereocenters. The molecule has 0 aromatic carbocycles. The van der Waals surface area contributed by atoms with Crippen molar-refractivity contribution in [1.82, 2.24) is 4.98 Å². The van der Waals surface area contributed by atoms with E-state index in [0.29, 0.717) is 0 Å². The van der Waals surface area contributed by atoms with Crippen LogP contribution in [0.4, 0.5) is 0 Å². The number of aryl methyl sites for hydroxylation is 2. The summed E-state index contributed by atoms with van der Waals surface area (Å²) in [6, 6.07) is 0. The largest absolute Gasteiger partial charge is 0.325 e. The van der Waals surface area contributed by atoms with E-state index in [2.05, 4.69) is 18.8 Å². The Kier molecular flexibility index (Phi) is 3.65. The van der Waals surface area contributed by atoms with Gasteiger partial charge in [0.05, 0.1) is 11.2 Å². The maximum Gasteiger partial charge on any atom is 0.0797 e. The predicted octanol–water partition coefficient (Wildman–Crippen LogP) is 3.29. The number of nitrogens with zero attached hydrogens (tertiary/aromatic N) is 1. The maximum absolute atomic E-state index is 6.50. The molecule has 0 amide bonds. The fourth-order valence-corrected chi connectivity index (χ4v) is 3.64. The van der Waals surface area contributed by atoms with Crippen LogP contribution in [-0.2, 0) is 6.42 Å². The zero-order valence-electron chi connectivity index (χ0n) is 10.3. The van der Waals surface area contributed by atoms with E-state index >= 15 is 0 Å². The van der Waals surface area contributed by atoms with Crippen LogP contribution in [0.3, 0.4) is 0 Å². The Morgan fingerprint density at radius 3 is 3.06 bits per heavy atom. The lowest BCUT2D eigenvalue weighted by Gasteiger charge is -2.36. The molecule has 2 rings (SSSR count). The van der Waals surface area contributed by atoms with Crippen LogP contribution in [-0.4, -0.2) is 10.5 Å². The zero-order chi connectivity index (χ0) is 11.6. The molecular weight excluding hydrogens is 216 g/mol. The summed E-state index contributed by atoms with van der Waals surface area (Å²) >= 11 is 1.77. The van der Waals surface area contributed by atoms with Gasteiger partial charge in [0.1, 0.15) is 0 Å². The molecule has 0 saturated heterocycles. The molecule has 0 bridgehead atoms. The van der Waals surface area contributed by atoms with Crippen molar-refractivity contribution in [1.29, 1.82) is 0 Å². The summed E-state index contributed by atoms with van der Waals surface area (Å²) in [6.45, 7) is 4.43. The first-order chi connectivity index (χ1) is 7.59. The van der Waals surface area contributed by atoms with Crippen molar-refractivity contribution in [2.24, 2.45) is 11.7 Å². The predicted molar refractivity (Wildman–Crippen MR) is 69.7 cm³/mol. The molecule has 16 heavy (non-hydrogen) atoms. The van der Waals surface area contributed by atoms with Gasteiger partial charge in [-0.3, -0.25) is 0 Å². The van der Waals surface area contributed by atoms with E-state index in [1.54, 1.807) is 11.3 Å². The highest BCUT2D eigenvalue weighted by molar-refractivity contribution is 7.09. The van der Waals surface area contributed by atoms with Gasteiger partial charge in [-0.25, -0.2) is 4.98 Å². The number of aromatic nitrogens is 1. The molecule has 1 fully saturated rings. The van der Waals surface area contributed by atoms with Crippen molar-refractivity contribution >= 4 is 11.3 Å². The van der Waals surface area contributed by atoms with Gasteiger partial charge in [-0.05, 0) is 38.5 Å². The van der Waals surface area contributed by atoms with E-state index in [1.165, 1.54) is 36.3 Å². The van der Waals surface area contributed by atoms with Crippen LogP contribution in [0, 0.1) is 12.8 Å². The van der Waals surface area contributed by atoms with Crippen molar-refractivity contribution < 1.29 is 0 Å². The number of nitrogens with two attached hydrogens (primary N) is 1. The molecule has 2 unspecified atom stereocenters. The second kappa shape index (κ2) is 4.84. The third-order valence-electron chi connectivity index (χ3n) is 3.82. The van der Waals surface area contributed by atoms with Gasteiger partial charge in [0.15, 0.2) is 0 Å². The monoisotopic (exact) mass is 238 g/mol. The van der Waals surface area contributed by atoms with Gasteiger partial charge >= 0.3 is 0 Å². The molecule has 0 aliphatic heterocycles. The van der Waals surface area contributed by atoms with E-state index in [9.17, 15) is 0 Å². The van der Waals surface area contributed by atoms with Gasteiger partial charge in [-0.1, -0.05) is 19.8 Å². The van der Waals surface area contributed by atoms with Crippen LogP contribution in [0.15, 0.2) is 5.51 Å². The van der Waals surface area contributed by atoms with Gasteiger partial charge in [0, 0.05) is 10.4 Å². The van der Waals surface area contributed by atoms with Gasteiger partial charge in [0.25, 0.3) is 0 Å². The molecule has 3 heteroatoms. The number of thiazole rings is 1. The first-order valence-electron chi connectivity index (χ1n) is 6.27. The molecule has 1 saturated carbocycles. The van der Waals surface area contributed by atoms with E-state index < -0.39 is 0 Å². The molecule has 2 N–H and O–H groups in total. The average Bonchev–Trinajstić information content (AvgIpc) is 2.61. The van der Waals surface area contributed by atoms with Gasteiger partial charge in [-0.2, -0.15) is 0 Å². The first-order valence-corrected chi connectivity index (χ1v) is 7.15. The normalized spacial score (nSPS) is 30.6. The highest BCUT2D eigenvalue weighted by Crippen LogP contribution is 2.34. The molecule has 1 aromatic heterocycles. The van der Waals surface area contributed by atoms with Gasteiger partial charge in [0.2, 0.25) is 0 Å². The van der Waals surface area contributed by atoms with Crippen LogP contribution in [0.5, 0.6) is 0 Å². The lowest BCUT2D eigenvalue weighted by molar-refractivity contribution is 0.224. The Bertz CT molecular complexity index is 347. The summed E-state index contributed by atoms with van der Waals surface area (Å²) in [5.41, 5.74) is 9.73. The zero-order valence-corrected chi connectivity index (χ0v) is 11.1. The smallest absolute Gasteiger partial charge is 0.0797 e. The third kappa shape index (κ3) is 2.83. The SMILES string of the molecule is Cc1ncsc1CCC1(N)CCCC(C)C1. The van der Waals surface area contributed by atoms with Crippen LogP contribution < -0.4 is 5.73 Å². The van der Waals surface area contributed by atoms with Crippen molar-refractivity contribution in [2.45, 2.75) is 57.9 Å². The summed E-state index contributed by atoms with van der Waals surface area (Å²) in [7, 11) is 0. The summed E-state index contributed by atoms with van der Waals surface area (Å²) in [5, 5.41) is 0. The van der Waals surface area contributed by atoms with E-state index in [-0.39, 0.29) is 5.54 Å². The molecule has 2 nitrogen and oxygen atoms in total. The van der Waals surface area contributed by atoms with Crippen LogP contribution in [0.1, 0.15) is 49.6 Å². The minimum absolute atomic E-state index is 0.0914. The third-order valence-corrected chi connectivity index (χ3v) is 4.82. The summed E-state index contributed by atoms with van der Waals surface area (Å²) in [4.78, 5) is 5.72. The standard InChI is InChI=1S/C13H22N2S/c1-10-4-3-6-13(14,8-10)7-5-12-11(2)15-9-16-12/h9-10H,3-8,14H2,1-2H3. The summed E-state index contributed by atoms with van der Waals surface area (Å²) < 4.78 is 0. The summed E-state index contributed by atoms with van der Waals surface area (Å²) in [5.74, 6) is 0.807. The molecular formula is C13H22N2S. The molecule has 0 radical (unpaired) electrons. The lowest BCUT2D eigenvalue weighted by Crippen LogP contribution is -2.44. The Balaban J connectivity index is 1.91. The molecule has 1 aliphatic carbocycles. The summed E-state index contributed by atoms with van der Waals surface area (Å²) in [6.07, 6.45) is 7.30. The minimum atomic E-state index is 0.0914. The van der Waals surface area contributed by atoms with Crippen molar-refractivity contribution in [3.05, 3.63) is 16.1 Å². The van der Waals surface area contributed by atoms with Crippen LogP contribution in [0.25, 0.3) is 0 Å². The average molecular weight is 238 g/mol. The highest BCUT2D eigenvalue weighted by Gasteiger charge is 2.30. The van der Waals surface area contributed by atoms with E-state index in [0.717, 1.165) is 18.8 Å². The molecule has 1 heterocycles. The van der Waals surface area contributed by atoms with Crippen molar-refractivity contribution in [3.8, 4) is 0 Å². The Morgan fingerprint density at radius 1 is 1.62 bits per heavy atom. The van der Waals surface area contributed by atoms with Crippen molar-refractivity contribution in [3.63, 3.8) is 0 Å². The minimum Gasteiger partial charge on any atom is -0.325 e. The van der Waals surface area contributed by atoms with Gasteiger partial charge < -0.3 is 5.73 Å². The molecule has 0 spiro atoms. The maximum atomic E-state index is 6.50. The van der Waals surface area contributed by atoms with Crippen molar-refractivity contribution in [2.75, 3.05) is 0 Å². The number of hydrogen-bond donors (Lipinski definition) is 1. The van der Waals surface area contributed by atoms with E-state index in [4.69, 9.17) is 5.73 Å². The lowest BCUT2D eigenvalue weighted by atomic mass is 9.74. The topological polar surface area (TPSA) is 38.9 Å². The Hall–Kier alpha value is -0.410. The fourth-order valence-electron chi connectivity index (χ4n) is 2.86. The molecule has 1 aromatic rings. The highest BCUT2D eigenvalue weighted by atomic mass is 32.1. The van der Waals surface area contributed by atoms with E-state index in [1.807, 2.05) is 5.51 Å². The number of hydrogen-bond acceptors (Lipinski definition) is 3. The Morgan fingerprint density at radius 2 is 2.44 bits per heavy atom. The molecule has 1 aliphatic rings.